The topological polar surface area (TPSA) is 134 Å². The second kappa shape index (κ2) is 41.1. The highest BCUT2D eigenvalue weighted by Gasteiger charge is 2.25. The van der Waals surface area contributed by atoms with Crippen molar-refractivity contribution in [1.82, 2.24) is 0 Å². The number of phosphoric ester groups is 1. The highest BCUT2D eigenvalue weighted by molar-refractivity contribution is 7.47. The Morgan fingerprint density at radius 3 is 1.53 bits per heavy atom. The quantitative estimate of drug-likeness (QED) is 0.0270. The molecular weight excluding hydrogens is 713 g/mol. The van der Waals surface area contributed by atoms with Gasteiger partial charge in [0.15, 0.2) is 6.10 Å². The number of phosphoric acid groups is 1. The van der Waals surface area contributed by atoms with Crippen molar-refractivity contribution < 1.29 is 37.6 Å². The summed E-state index contributed by atoms with van der Waals surface area (Å²) < 4.78 is 32.7. The van der Waals surface area contributed by atoms with Crippen LogP contribution in [-0.4, -0.2) is 49.3 Å². The van der Waals surface area contributed by atoms with E-state index in [9.17, 15) is 19.0 Å². The van der Waals surface area contributed by atoms with Gasteiger partial charge in [-0.05, 0) is 83.5 Å². The molecule has 0 radical (unpaired) electrons. The number of carbonyl (C=O) groups is 2. The van der Waals surface area contributed by atoms with E-state index in [-0.39, 0.29) is 32.6 Å². The summed E-state index contributed by atoms with van der Waals surface area (Å²) in [6, 6.07) is 0. The zero-order chi connectivity index (χ0) is 40.3. The Kier molecular flexibility index (Phi) is 39.2. The summed E-state index contributed by atoms with van der Waals surface area (Å²) in [5, 5.41) is 0. The van der Waals surface area contributed by atoms with Gasteiger partial charge in [0.05, 0.1) is 13.2 Å². The molecule has 2 atom stereocenters. The number of esters is 2. The molecule has 0 heterocycles. The van der Waals surface area contributed by atoms with E-state index in [1.165, 1.54) is 57.8 Å². The number of hydrogen-bond acceptors (Lipinski definition) is 8. The molecule has 0 aliphatic carbocycles. The van der Waals surface area contributed by atoms with Gasteiger partial charge in [0.25, 0.3) is 0 Å². The van der Waals surface area contributed by atoms with Gasteiger partial charge in [-0.2, -0.15) is 0 Å². The summed E-state index contributed by atoms with van der Waals surface area (Å²) in [5.41, 5.74) is 5.34. The Morgan fingerprint density at radius 2 is 1.00 bits per heavy atom. The maximum Gasteiger partial charge on any atom is 0.472 e. The molecule has 316 valence electrons. The van der Waals surface area contributed by atoms with Crippen molar-refractivity contribution >= 4 is 19.8 Å². The smallest absolute Gasteiger partial charge is 0.462 e. The molecule has 0 aliphatic heterocycles. The predicted molar refractivity (Wildman–Crippen MR) is 229 cm³/mol. The van der Waals surface area contributed by atoms with Crippen molar-refractivity contribution in [2.45, 2.75) is 174 Å². The van der Waals surface area contributed by atoms with Crippen LogP contribution in [0.4, 0.5) is 0 Å². The van der Waals surface area contributed by atoms with Gasteiger partial charge in [0.2, 0.25) is 0 Å². The van der Waals surface area contributed by atoms with E-state index in [4.69, 9.17) is 24.3 Å². The number of hydrogen-bond donors (Lipinski definition) is 2. The molecule has 3 N–H and O–H groups in total. The third-order valence-electron chi connectivity index (χ3n) is 8.58. The van der Waals surface area contributed by atoms with Gasteiger partial charge < -0.3 is 20.1 Å². The number of unbranched alkanes of at least 4 members (excludes halogenated alkanes) is 14. The summed E-state index contributed by atoms with van der Waals surface area (Å²) in [6.45, 7) is 3.52. The molecule has 0 saturated carbocycles. The van der Waals surface area contributed by atoms with Crippen LogP contribution in [0.25, 0.3) is 0 Å². The number of allylic oxidation sites excluding steroid dienone is 12. The van der Waals surface area contributed by atoms with Gasteiger partial charge in [0.1, 0.15) is 6.61 Å². The second-order valence-electron chi connectivity index (χ2n) is 13.8. The van der Waals surface area contributed by atoms with Crippen LogP contribution in [0.3, 0.4) is 0 Å². The monoisotopic (exact) mass is 792 g/mol. The van der Waals surface area contributed by atoms with E-state index in [1.807, 2.05) is 0 Å². The summed E-state index contributed by atoms with van der Waals surface area (Å²) in [5.74, 6) is -0.888. The highest BCUT2D eigenvalue weighted by atomic mass is 31.2. The highest BCUT2D eigenvalue weighted by Crippen LogP contribution is 2.43. The lowest BCUT2D eigenvalue weighted by Gasteiger charge is -2.19. The summed E-state index contributed by atoms with van der Waals surface area (Å²) in [4.78, 5) is 34.8. The number of ether oxygens (including phenoxy) is 2. The summed E-state index contributed by atoms with van der Waals surface area (Å²) in [6.07, 6.45) is 49.3. The molecule has 0 aromatic heterocycles. The Morgan fingerprint density at radius 1 is 0.564 bits per heavy atom. The molecular formula is C45H78NO8P. The minimum Gasteiger partial charge on any atom is -0.462 e. The molecule has 0 spiro atoms. The molecule has 10 heteroatoms. The van der Waals surface area contributed by atoms with Crippen LogP contribution < -0.4 is 5.73 Å². The molecule has 0 fully saturated rings. The van der Waals surface area contributed by atoms with E-state index < -0.39 is 32.5 Å². The van der Waals surface area contributed by atoms with Crippen LogP contribution in [-0.2, 0) is 32.7 Å². The largest absolute Gasteiger partial charge is 0.472 e. The Bertz CT molecular complexity index is 1130. The number of nitrogens with two attached hydrogens (primary N) is 1. The predicted octanol–water partition coefficient (Wildman–Crippen LogP) is 12.3. The van der Waals surface area contributed by atoms with Crippen molar-refractivity contribution in [3.63, 3.8) is 0 Å². The van der Waals surface area contributed by atoms with Crippen LogP contribution in [0.5, 0.6) is 0 Å². The molecule has 0 amide bonds. The van der Waals surface area contributed by atoms with Crippen LogP contribution in [0.2, 0.25) is 0 Å². The molecule has 0 aromatic rings. The van der Waals surface area contributed by atoms with E-state index in [0.717, 1.165) is 77.0 Å². The lowest BCUT2D eigenvalue weighted by molar-refractivity contribution is -0.161. The van der Waals surface area contributed by atoms with Crippen molar-refractivity contribution in [1.29, 1.82) is 0 Å². The van der Waals surface area contributed by atoms with Crippen LogP contribution in [0, 0.1) is 0 Å². The first-order chi connectivity index (χ1) is 26.8. The zero-order valence-corrected chi connectivity index (χ0v) is 35.5. The molecule has 1 unspecified atom stereocenters. The average molecular weight is 792 g/mol. The summed E-state index contributed by atoms with van der Waals surface area (Å²) >= 11 is 0. The van der Waals surface area contributed by atoms with Gasteiger partial charge in [-0.3, -0.25) is 18.6 Å². The fourth-order valence-corrected chi connectivity index (χ4v) is 6.18. The third-order valence-corrected chi connectivity index (χ3v) is 9.56. The van der Waals surface area contributed by atoms with Crippen LogP contribution in [0.15, 0.2) is 72.9 Å². The van der Waals surface area contributed by atoms with Gasteiger partial charge in [0, 0.05) is 19.4 Å². The molecule has 0 aromatic carbocycles. The van der Waals surface area contributed by atoms with Crippen molar-refractivity contribution in [3.05, 3.63) is 72.9 Å². The Balaban J connectivity index is 4.22. The minimum absolute atomic E-state index is 0.0424. The molecule has 9 nitrogen and oxygen atoms in total. The second-order valence-corrected chi connectivity index (χ2v) is 15.3. The van der Waals surface area contributed by atoms with Gasteiger partial charge in [-0.25, -0.2) is 4.57 Å². The first-order valence-corrected chi connectivity index (χ1v) is 22.9. The van der Waals surface area contributed by atoms with Crippen LogP contribution in [0.1, 0.15) is 168 Å². The van der Waals surface area contributed by atoms with E-state index in [2.05, 4.69) is 86.8 Å². The van der Waals surface area contributed by atoms with Gasteiger partial charge in [-0.1, -0.05) is 145 Å². The van der Waals surface area contributed by atoms with E-state index >= 15 is 0 Å². The molecule has 0 aliphatic rings. The molecule has 0 bridgehead atoms. The first-order valence-electron chi connectivity index (χ1n) is 21.4. The van der Waals surface area contributed by atoms with Crippen molar-refractivity contribution in [2.75, 3.05) is 26.4 Å². The van der Waals surface area contributed by atoms with Gasteiger partial charge in [-0.15, -0.1) is 0 Å². The first kappa shape index (κ1) is 52.5. The summed E-state index contributed by atoms with van der Waals surface area (Å²) in [7, 11) is -4.39. The average Bonchev–Trinajstić information content (AvgIpc) is 3.17. The minimum atomic E-state index is -4.39. The Labute approximate surface area is 335 Å². The lowest BCUT2D eigenvalue weighted by atomic mass is 10.1. The van der Waals surface area contributed by atoms with Crippen molar-refractivity contribution in [3.8, 4) is 0 Å². The SMILES string of the molecule is CC/C=C/C/C=C/C/C=C/C/C=C/CCCCC(=O)O[C@H](COC(=O)CCCCCCCCCCC/C=C/C/C=C/CCCCC)COP(=O)(O)OCCN. The Hall–Kier alpha value is -2.55. The van der Waals surface area contributed by atoms with Crippen molar-refractivity contribution in [2.24, 2.45) is 5.73 Å². The third kappa shape index (κ3) is 40.9. The lowest BCUT2D eigenvalue weighted by Crippen LogP contribution is -2.29. The van der Waals surface area contributed by atoms with E-state index in [0.29, 0.717) is 6.42 Å². The standard InChI is InChI=1S/C45H78NO8P/c1-3-5-7-9-11-13-15-17-19-20-21-22-24-25-27-29-31-33-35-37-44(47)51-41-43(42-53-55(49,50)52-40-39-46)54-45(48)38-36-34-32-30-28-26-23-18-16-14-12-10-8-6-4-2/h6,8,11-14,17-19,23,28,30,43H,3-5,7,9-10,15-16,20-22,24-27,29,31-42,46H2,1-2H3,(H,49,50)/b8-6+,13-11+,14-12+,19-17+,23-18+,30-28+/t43-/m1/s1. The number of carbonyl (C=O) groups excluding carboxylic acids is 2. The zero-order valence-electron chi connectivity index (χ0n) is 34.6. The molecule has 0 saturated heterocycles. The van der Waals surface area contributed by atoms with E-state index in [1.54, 1.807) is 0 Å². The fraction of sp³-hybridized carbons (Fsp3) is 0.689. The fourth-order valence-electron chi connectivity index (χ4n) is 5.42. The maximum atomic E-state index is 12.6. The molecule has 55 heavy (non-hydrogen) atoms. The molecule has 0 rings (SSSR count). The maximum absolute atomic E-state index is 12.6. The van der Waals surface area contributed by atoms with Gasteiger partial charge >= 0.3 is 19.8 Å². The number of rotatable bonds is 39. The van der Waals surface area contributed by atoms with Crippen LogP contribution >= 0.6 is 7.82 Å². The normalized spacial score (nSPS) is 14.0.